The first kappa shape index (κ1) is 26.1. The van der Waals surface area contributed by atoms with Gasteiger partial charge in [-0.2, -0.15) is 0 Å². The fourth-order valence-corrected chi connectivity index (χ4v) is 4.01. The summed E-state index contributed by atoms with van der Waals surface area (Å²) < 4.78 is 16.9. The van der Waals surface area contributed by atoms with Crippen molar-refractivity contribution < 1.29 is 38.8 Å². The minimum absolute atomic E-state index is 0.169. The summed E-state index contributed by atoms with van der Waals surface area (Å²) in [6, 6.07) is 0. The first-order valence-corrected chi connectivity index (χ1v) is 11.0. The van der Waals surface area contributed by atoms with Crippen molar-refractivity contribution >= 4 is 29.5 Å². The monoisotopic (exact) mass is 470 g/mol. The molecule has 0 saturated carbocycles. The molecule has 1 saturated heterocycles. The van der Waals surface area contributed by atoms with Crippen LogP contribution in [0.4, 0.5) is 0 Å². The molecule has 0 aliphatic carbocycles. The predicted molar refractivity (Wildman–Crippen MR) is 117 cm³/mol. The average molecular weight is 471 g/mol. The topological polar surface area (TPSA) is 119 Å². The molecule has 2 heterocycles. The summed E-state index contributed by atoms with van der Waals surface area (Å²) in [6.07, 6.45) is 3.01. The number of aliphatic carboxylic acids is 1. The summed E-state index contributed by atoms with van der Waals surface area (Å²) >= 11 is 6.32. The van der Waals surface area contributed by atoms with E-state index >= 15 is 0 Å². The van der Waals surface area contributed by atoms with Crippen molar-refractivity contribution in [3.05, 3.63) is 34.4 Å². The average Bonchev–Trinajstić information content (AvgIpc) is 3.06. The number of aliphatic hydroxyl groups excluding tert-OH is 1. The summed E-state index contributed by atoms with van der Waals surface area (Å²) in [4.78, 5) is 35.1. The van der Waals surface area contributed by atoms with Gasteiger partial charge in [-0.25, -0.2) is 0 Å². The normalized spacial score (nSPS) is 31.9. The lowest BCUT2D eigenvalue weighted by Crippen LogP contribution is -2.37. The quantitative estimate of drug-likeness (QED) is 0.463. The highest BCUT2D eigenvalue weighted by molar-refractivity contribution is 6.29. The third kappa shape index (κ3) is 8.41. The van der Waals surface area contributed by atoms with E-state index in [9.17, 15) is 19.5 Å². The van der Waals surface area contributed by atoms with E-state index in [2.05, 4.69) is 0 Å². The lowest BCUT2D eigenvalue weighted by atomic mass is 10.0. The molecule has 0 aromatic rings. The number of hydrogen-bond acceptors (Lipinski definition) is 7. The van der Waals surface area contributed by atoms with Crippen LogP contribution >= 0.6 is 11.6 Å². The maximum Gasteiger partial charge on any atom is 0.310 e. The van der Waals surface area contributed by atoms with Crippen molar-refractivity contribution in [2.24, 2.45) is 0 Å². The van der Waals surface area contributed by atoms with Gasteiger partial charge in [-0.3, -0.25) is 14.4 Å². The number of halogens is 1. The molecular formula is C23H31ClO8. The summed E-state index contributed by atoms with van der Waals surface area (Å²) in [6.45, 7) is 4.64. The molecule has 9 heteroatoms. The molecule has 0 spiro atoms. The highest BCUT2D eigenvalue weighted by atomic mass is 35.5. The van der Waals surface area contributed by atoms with Crippen LogP contribution in [0.2, 0.25) is 0 Å². The Bertz CT molecular complexity index is 800. The molecule has 2 aliphatic rings. The molecule has 32 heavy (non-hydrogen) atoms. The molecule has 0 radical (unpaired) electrons. The number of carbonyl (C=O) groups excluding carboxylic acids is 2. The molecule has 2 aliphatic heterocycles. The van der Waals surface area contributed by atoms with Gasteiger partial charge in [0.05, 0.1) is 18.9 Å². The third-order valence-electron chi connectivity index (χ3n) is 5.37. The van der Waals surface area contributed by atoms with Crippen molar-refractivity contribution in [2.45, 2.75) is 89.8 Å². The fourth-order valence-electron chi connectivity index (χ4n) is 3.81. The number of hydrogen-bond donors (Lipinski definition) is 2. The van der Waals surface area contributed by atoms with Gasteiger partial charge in [-0.05, 0) is 38.7 Å². The Labute approximate surface area is 192 Å². The number of fused-ring (bicyclic) bond motifs is 2. The Morgan fingerprint density at radius 1 is 1.34 bits per heavy atom. The van der Waals surface area contributed by atoms with Crippen molar-refractivity contribution in [3.8, 4) is 0 Å². The number of allylic oxidation sites excluding steroid dienone is 3. The summed E-state index contributed by atoms with van der Waals surface area (Å²) in [7, 11) is 0. The molecule has 178 valence electrons. The second kappa shape index (κ2) is 12.2. The van der Waals surface area contributed by atoms with Crippen LogP contribution in [0.5, 0.6) is 0 Å². The third-order valence-corrected chi connectivity index (χ3v) is 5.71. The second-order valence-corrected chi connectivity index (χ2v) is 8.72. The summed E-state index contributed by atoms with van der Waals surface area (Å²) in [5.41, 5.74) is 1.17. The first-order chi connectivity index (χ1) is 15.0. The highest BCUT2D eigenvalue weighted by Gasteiger charge is 2.41. The number of esters is 2. The smallest absolute Gasteiger partial charge is 0.310 e. The molecule has 2 N–H and O–H groups in total. The Balaban J connectivity index is 2.25. The lowest BCUT2D eigenvalue weighted by Gasteiger charge is -2.24. The highest BCUT2D eigenvalue weighted by Crippen LogP contribution is 2.31. The van der Waals surface area contributed by atoms with Gasteiger partial charge >= 0.3 is 17.9 Å². The zero-order valence-corrected chi connectivity index (χ0v) is 19.3. The van der Waals surface area contributed by atoms with E-state index in [1.54, 1.807) is 13.8 Å². The van der Waals surface area contributed by atoms with Gasteiger partial charge in [0, 0.05) is 18.4 Å². The molecule has 0 aromatic carbocycles. The number of carboxylic acids is 1. The number of aliphatic hydroxyl groups is 1. The summed E-state index contributed by atoms with van der Waals surface area (Å²) in [5, 5.41) is 20.3. The van der Waals surface area contributed by atoms with E-state index in [4.69, 9.17) is 30.9 Å². The predicted octanol–water partition coefficient (Wildman–Crippen LogP) is 3.41. The zero-order chi connectivity index (χ0) is 23.8. The minimum Gasteiger partial charge on any atom is -0.481 e. The molecular weight excluding hydrogens is 440 g/mol. The molecule has 1 fully saturated rings. The largest absolute Gasteiger partial charge is 0.481 e. The fraction of sp³-hybridized carbons (Fsp3) is 0.609. The van der Waals surface area contributed by atoms with Crippen LogP contribution in [0, 0.1) is 0 Å². The summed E-state index contributed by atoms with van der Waals surface area (Å²) in [5.74, 6) is -2.10. The molecule has 2 bridgehead atoms. The maximum atomic E-state index is 12.7. The number of rotatable bonds is 5. The lowest BCUT2D eigenvalue weighted by molar-refractivity contribution is -0.159. The zero-order valence-electron chi connectivity index (χ0n) is 18.6. The Morgan fingerprint density at radius 2 is 2.06 bits per heavy atom. The maximum absolute atomic E-state index is 12.7. The van der Waals surface area contributed by atoms with Crippen LogP contribution in [0.1, 0.15) is 59.3 Å². The standard InChI is InChI=1S/C23H31ClO8/c1-13(10-21(27)28)9-18(26)23-20-11-17(31-23)8-7-16(24)6-4-5-14(2)19(30-15(3)25)12-22(29)32-20/h5-6,9,17-20,23,26H,4,7-8,10-12H2,1-3H3,(H,27,28)/b13-9+,14-5-,16-6+/t17-,18-,19?,20-,23-/m0/s1. The van der Waals surface area contributed by atoms with Crippen LogP contribution in [0.25, 0.3) is 0 Å². The van der Waals surface area contributed by atoms with E-state index in [0.717, 1.165) is 0 Å². The van der Waals surface area contributed by atoms with Gasteiger partial charge in [0.25, 0.3) is 0 Å². The van der Waals surface area contributed by atoms with Crippen LogP contribution in [-0.2, 0) is 28.6 Å². The van der Waals surface area contributed by atoms with Crippen LogP contribution in [-0.4, -0.2) is 58.6 Å². The Morgan fingerprint density at radius 3 is 2.72 bits per heavy atom. The van der Waals surface area contributed by atoms with E-state index in [1.807, 2.05) is 12.2 Å². The van der Waals surface area contributed by atoms with Gasteiger partial charge in [-0.1, -0.05) is 35.4 Å². The van der Waals surface area contributed by atoms with Crippen LogP contribution in [0.15, 0.2) is 34.4 Å². The molecule has 0 aromatic heterocycles. The van der Waals surface area contributed by atoms with E-state index < -0.39 is 42.3 Å². The van der Waals surface area contributed by atoms with E-state index in [0.29, 0.717) is 41.9 Å². The van der Waals surface area contributed by atoms with E-state index in [1.165, 1.54) is 13.0 Å². The molecule has 8 nitrogen and oxygen atoms in total. The van der Waals surface area contributed by atoms with Gasteiger partial charge in [0.1, 0.15) is 24.4 Å². The van der Waals surface area contributed by atoms with Gasteiger partial charge in [0.2, 0.25) is 0 Å². The molecule has 2 rings (SSSR count). The van der Waals surface area contributed by atoms with E-state index in [-0.39, 0.29) is 18.9 Å². The van der Waals surface area contributed by atoms with Crippen LogP contribution < -0.4 is 0 Å². The van der Waals surface area contributed by atoms with Crippen molar-refractivity contribution in [1.29, 1.82) is 0 Å². The first-order valence-electron chi connectivity index (χ1n) is 10.7. The Hall–Kier alpha value is -2.16. The van der Waals surface area contributed by atoms with Gasteiger partial charge in [0.15, 0.2) is 0 Å². The Kier molecular flexibility index (Phi) is 9.93. The molecule has 1 unspecified atom stereocenters. The molecule has 5 atom stereocenters. The number of carbonyl (C=O) groups is 3. The van der Waals surface area contributed by atoms with Crippen molar-refractivity contribution in [1.82, 2.24) is 0 Å². The number of carboxylic acid groups (broad SMARTS) is 1. The van der Waals surface area contributed by atoms with Crippen molar-refractivity contribution in [3.63, 3.8) is 0 Å². The number of ether oxygens (including phenoxy) is 3. The van der Waals surface area contributed by atoms with Crippen molar-refractivity contribution in [2.75, 3.05) is 0 Å². The SMILES string of the molecule is CC(=O)OC1CC(=O)O[C@H]2C[C@H](CC/C(Cl)=C\C/C=C\1C)O[C@H]2[C@@H](O)/C=C(\C)CC(=O)O. The van der Waals surface area contributed by atoms with Gasteiger partial charge in [-0.15, -0.1) is 0 Å². The molecule has 0 amide bonds. The second-order valence-electron chi connectivity index (χ2n) is 8.24. The minimum atomic E-state index is -1.15. The van der Waals surface area contributed by atoms with Crippen LogP contribution in [0.3, 0.4) is 0 Å². The van der Waals surface area contributed by atoms with Gasteiger partial charge < -0.3 is 24.4 Å².